The summed E-state index contributed by atoms with van der Waals surface area (Å²) in [5.74, 6) is 0. The number of H-pyrrole nitrogens is 1. The molecule has 1 N–H and O–H groups in total. The van der Waals surface area contributed by atoms with Crippen LogP contribution in [0.25, 0.3) is 10.2 Å². The minimum atomic E-state index is 0.848. The van der Waals surface area contributed by atoms with E-state index >= 15 is 0 Å². The maximum atomic E-state index is 4.98. The summed E-state index contributed by atoms with van der Waals surface area (Å²) in [5.41, 5.74) is 1.14. The van der Waals surface area contributed by atoms with Gasteiger partial charge in [0.1, 0.15) is 0 Å². The zero-order chi connectivity index (χ0) is 23.5. The van der Waals surface area contributed by atoms with Crippen LogP contribution in [0.4, 0.5) is 0 Å². The summed E-state index contributed by atoms with van der Waals surface area (Å²) in [4.78, 5) is 3.09. The zero-order valence-electron chi connectivity index (χ0n) is 21.6. The van der Waals surface area contributed by atoms with E-state index in [9.17, 15) is 0 Å². The number of unbranched alkanes of at least 4 members (excludes halogenated alkanes) is 15. The molecular formula is C28H51N2S2+. The molecule has 0 aliphatic rings. The Morgan fingerprint density at radius 2 is 1.12 bits per heavy atom. The molecule has 2 nitrogen and oxygen atoms in total. The van der Waals surface area contributed by atoms with E-state index in [0.29, 0.717) is 0 Å². The number of hydrogen-bond donors (Lipinski definition) is 1. The summed E-state index contributed by atoms with van der Waals surface area (Å²) in [6.45, 7) is 3.63. The van der Waals surface area contributed by atoms with Gasteiger partial charge in [-0.25, -0.2) is 0 Å². The van der Waals surface area contributed by atoms with Gasteiger partial charge in [0, 0.05) is 0 Å². The number of quaternary nitrogens is 1. The fourth-order valence-corrected chi connectivity index (χ4v) is 5.14. The number of fused-ring (bicyclic) bond motifs is 1. The summed E-state index contributed by atoms with van der Waals surface area (Å²) in [5, 5.41) is 0. The lowest BCUT2D eigenvalue weighted by Gasteiger charge is -2.23. The molecule has 0 atom stereocenters. The van der Waals surface area contributed by atoms with Crippen LogP contribution < -0.4 is 0 Å². The van der Waals surface area contributed by atoms with Crippen LogP contribution in [0.5, 0.6) is 0 Å². The normalized spacial score (nSPS) is 11.5. The molecule has 0 aliphatic carbocycles. The molecule has 0 unspecified atom stereocenters. The predicted octanol–water partition coefficient (Wildman–Crippen LogP) is 9.91. The van der Waals surface area contributed by atoms with Crippen molar-refractivity contribution in [1.82, 2.24) is 4.98 Å². The maximum absolute atomic E-state index is 4.98. The second-order valence-electron chi connectivity index (χ2n) is 10.3. The second kappa shape index (κ2) is 18.7. The van der Waals surface area contributed by atoms with Crippen molar-refractivity contribution in [1.29, 1.82) is 0 Å². The van der Waals surface area contributed by atoms with Crippen LogP contribution in [0.1, 0.15) is 110 Å². The third kappa shape index (κ3) is 16.9. The zero-order valence-corrected chi connectivity index (χ0v) is 23.2. The summed E-state index contributed by atoms with van der Waals surface area (Å²) in [6, 6.07) is 8.11. The Morgan fingerprint density at radius 3 is 1.56 bits per heavy atom. The molecule has 1 aromatic carbocycles. The van der Waals surface area contributed by atoms with E-state index in [2.05, 4.69) is 39.1 Å². The van der Waals surface area contributed by atoms with Gasteiger partial charge in [0.2, 0.25) is 0 Å². The van der Waals surface area contributed by atoms with Gasteiger partial charge in [0.05, 0.1) is 37.9 Å². The highest BCUT2D eigenvalue weighted by Gasteiger charge is 2.04. The average Bonchev–Trinajstić information content (AvgIpc) is 3.13. The molecule has 0 fully saturated rings. The van der Waals surface area contributed by atoms with E-state index in [-0.39, 0.29) is 0 Å². The molecule has 0 radical (unpaired) electrons. The lowest BCUT2D eigenvalue weighted by Crippen LogP contribution is -2.35. The maximum Gasteiger partial charge on any atom is 0.159 e. The molecule has 2 aromatic rings. The number of para-hydroxylation sites is 1. The Labute approximate surface area is 208 Å². The predicted molar refractivity (Wildman–Crippen MR) is 149 cm³/mol. The van der Waals surface area contributed by atoms with Gasteiger partial charge >= 0.3 is 0 Å². The van der Waals surface area contributed by atoms with Crippen LogP contribution >= 0.6 is 23.6 Å². The van der Waals surface area contributed by atoms with E-state index in [0.717, 1.165) is 14.0 Å². The van der Waals surface area contributed by atoms with Crippen LogP contribution in [0.3, 0.4) is 0 Å². The summed E-state index contributed by atoms with van der Waals surface area (Å²) in [7, 11) is 6.89. The van der Waals surface area contributed by atoms with Crippen LogP contribution in [0.2, 0.25) is 0 Å². The Bertz CT molecular complexity index is 691. The van der Waals surface area contributed by atoms with Gasteiger partial charge < -0.3 is 9.47 Å². The minimum absolute atomic E-state index is 0.848. The summed E-state index contributed by atoms with van der Waals surface area (Å²) < 4.78 is 3.20. The van der Waals surface area contributed by atoms with Gasteiger partial charge in [0.25, 0.3) is 0 Å². The van der Waals surface area contributed by atoms with Crippen LogP contribution in [0, 0.1) is 3.95 Å². The third-order valence-electron chi connectivity index (χ3n) is 6.01. The van der Waals surface area contributed by atoms with E-state index in [4.69, 9.17) is 12.2 Å². The first kappa shape index (κ1) is 29.3. The fraction of sp³-hybridized carbons (Fsp3) is 0.750. The molecule has 2 rings (SSSR count). The molecule has 1 heterocycles. The smallest absolute Gasteiger partial charge is 0.159 e. The van der Waals surface area contributed by atoms with Crippen molar-refractivity contribution in [2.24, 2.45) is 0 Å². The highest BCUT2D eigenvalue weighted by molar-refractivity contribution is 7.73. The molecule has 184 valence electrons. The third-order valence-corrected chi connectivity index (χ3v) is 7.22. The Hall–Kier alpha value is -0.710. The molecule has 0 bridgehead atoms. The van der Waals surface area contributed by atoms with Crippen molar-refractivity contribution >= 4 is 33.8 Å². The Kier molecular flexibility index (Phi) is 17.1. The molecular weight excluding hydrogens is 428 g/mol. The molecule has 0 saturated heterocycles. The van der Waals surface area contributed by atoms with Crippen molar-refractivity contribution < 1.29 is 4.48 Å². The monoisotopic (exact) mass is 479 g/mol. The molecule has 4 heteroatoms. The lowest BCUT2D eigenvalue weighted by atomic mass is 10.0. The van der Waals surface area contributed by atoms with Gasteiger partial charge in [0.15, 0.2) is 3.95 Å². The Morgan fingerprint density at radius 1 is 0.688 bits per heavy atom. The first-order chi connectivity index (χ1) is 15.4. The van der Waals surface area contributed by atoms with E-state index in [1.165, 1.54) is 114 Å². The first-order valence-corrected chi connectivity index (χ1v) is 14.5. The van der Waals surface area contributed by atoms with Crippen molar-refractivity contribution in [3.05, 3.63) is 28.2 Å². The largest absolute Gasteiger partial charge is 0.337 e. The number of rotatable bonds is 17. The molecule has 0 saturated carbocycles. The van der Waals surface area contributed by atoms with Gasteiger partial charge in [-0.05, 0) is 37.2 Å². The van der Waals surface area contributed by atoms with Gasteiger partial charge in [-0.2, -0.15) is 0 Å². The van der Waals surface area contributed by atoms with Crippen molar-refractivity contribution in [3.8, 4) is 0 Å². The number of nitrogens with zero attached hydrogens (tertiary/aromatic N) is 1. The second-order valence-corrected chi connectivity index (χ2v) is 12.0. The molecule has 0 aliphatic heterocycles. The van der Waals surface area contributed by atoms with Gasteiger partial charge in [-0.15, -0.1) is 11.3 Å². The van der Waals surface area contributed by atoms with Gasteiger partial charge in [-0.3, -0.25) is 0 Å². The number of thiazole rings is 1. The van der Waals surface area contributed by atoms with Gasteiger partial charge in [-0.1, -0.05) is 109 Å². The topological polar surface area (TPSA) is 15.8 Å². The SMILES string of the molecule is CCCCCCCCCCCCCCCCCC[N+](C)(C)C.S=c1[nH]c2ccccc2s1. The summed E-state index contributed by atoms with van der Waals surface area (Å²) >= 11 is 6.59. The van der Waals surface area contributed by atoms with Crippen LogP contribution in [0.15, 0.2) is 24.3 Å². The lowest BCUT2D eigenvalue weighted by molar-refractivity contribution is -0.870. The Balaban J connectivity index is 0.000000416. The highest BCUT2D eigenvalue weighted by Crippen LogP contribution is 2.17. The summed E-state index contributed by atoms with van der Waals surface area (Å²) in [6.07, 6.45) is 23.4. The van der Waals surface area contributed by atoms with Crippen molar-refractivity contribution in [3.63, 3.8) is 0 Å². The van der Waals surface area contributed by atoms with Crippen LogP contribution in [-0.2, 0) is 0 Å². The molecule has 1 aromatic heterocycles. The number of benzene rings is 1. The average molecular weight is 480 g/mol. The minimum Gasteiger partial charge on any atom is -0.337 e. The van der Waals surface area contributed by atoms with E-state index < -0.39 is 0 Å². The number of hydrogen-bond acceptors (Lipinski definition) is 2. The number of aromatic nitrogens is 1. The quantitative estimate of drug-likeness (QED) is 0.135. The van der Waals surface area contributed by atoms with Crippen molar-refractivity contribution in [2.45, 2.75) is 110 Å². The first-order valence-electron chi connectivity index (χ1n) is 13.3. The number of nitrogens with one attached hydrogen (secondary N) is 1. The van der Waals surface area contributed by atoms with Crippen LogP contribution in [-0.4, -0.2) is 37.2 Å². The number of aromatic amines is 1. The molecule has 32 heavy (non-hydrogen) atoms. The fourth-order valence-electron chi connectivity index (χ4n) is 4.03. The standard InChI is InChI=1S/C21H46N.C7H5NS2/c1-5-6-7-8-9-10-11-12-13-14-15-16-17-18-19-20-21-22(2,3)4;9-7-8-5-3-1-2-4-6(5)10-7/h5-21H2,1-4H3;1-4H,(H,8,9)/q+1;. The van der Waals surface area contributed by atoms with E-state index in [1.54, 1.807) is 11.3 Å². The highest BCUT2D eigenvalue weighted by atomic mass is 32.1. The molecule has 0 spiro atoms. The van der Waals surface area contributed by atoms with Crippen molar-refractivity contribution in [2.75, 3.05) is 27.7 Å². The van der Waals surface area contributed by atoms with E-state index in [1.807, 2.05) is 18.2 Å². The molecule has 0 amide bonds.